The van der Waals surface area contributed by atoms with Gasteiger partial charge in [-0.05, 0) is 45.8 Å². The van der Waals surface area contributed by atoms with Crippen LogP contribution in [0.3, 0.4) is 0 Å². The summed E-state index contributed by atoms with van der Waals surface area (Å²) in [5.41, 5.74) is 0.784. The van der Waals surface area contributed by atoms with Crippen LogP contribution in [0.1, 0.15) is 37.1 Å². The quantitative estimate of drug-likeness (QED) is 0.907. The molecule has 1 saturated heterocycles. The predicted molar refractivity (Wildman–Crippen MR) is 75.6 cm³/mol. The molecule has 0 radical (unpaired) electrons. The summed E-state index contributed by atoms with van der Waals surface area (Å²) >= 11 is 1.67. The monoisotopic (exact) mass is 263 g/mol. The van der Waals surface area contributed by atoms with E-state index < -0.39 is 0 Å². The van der Waals surface area contributed by atoms with E-state index in [2.05, 4.69) is 30.1 Å². The number of hydrogen-bond acceptors (Lipinski definition) is 4. The summed E-state index contributed by atoms with van der Waals surface area (Å²) in [5.74, 6) is 0. The summed E-state index contributed by atoms with van der Waals surface area (Å²) < 4.78 is 0. The average molecular weight is 263 g/mol. The van der Waals surface area contributed by atoms with Crippen LogP contribution in [-0.2, 0) is 6.54 Å². The first-order chi connectivity index (χ1) is 8.69. The lowest BCUT2D eigenvalue weighted by atomic mass is 10.0. The van der Waals surface area contributed by atoms with Crippen LogP contribution in [0.5, 0.6) is 0 Å². The van der Waals surface area contributed by atoms with Gasteiger partial charge >= 0.3 is 0 Å². The molecule has 1 aromatic heterocycles. The van der Waals surface area contributed by atoms with Crippen molar-refractivity contribution in [2.45, 2.75) is 45.3 Å². The molecule has 0 unspecified atom stereocenters. The van der Waals surface area contributed by atoms with Gasteiger partial charge in [-0.1, -0.05) is 0 Å². The minimum Gasteiger partial charge on any atom is -0.309 e. The van der Waals surface area contributed by atoms with Crippen LogP contribution < -0.4 is 5.32 Å². The predicted octanol–water partition coefficient (Wildman–Crippen LogP) is 2.58. The van der Waals surface area contributed by atoms with Gasteiger partial charge in [0.05, 0.1) is 5.56 Å². The van der Waals surface area contributed by atoms with E-state index in [0.29, 0.717) is 12.1 Å². The lowest BCUT2D eigenvalue weighted by Gasteiger charge is -2.34. The maximum Gasteiger partial charge on any atom is 0.100 e. The molecular weight excluding hydrogens is 242 g/mol. The Labute approximate surface area is 113 Å². The Morgan fingerprint density at radius 3 is 2.78 bits per heavy atom. The first-order valence-electron chi connectivity index (χ1n) is 6.64. The second-order valence-electron chi connectivity index (χ2n) is 5.20. The molecule has 0 aliphatic carbocycles. The molecule has 1 N–H and O–H groups in total. The second kappa shape index (κ2) is 6.33. The van der Waals surface area contributed by atoms with Crippen LogP contribution >= 0.6 is 11.3 Å². The molecule has 1 aliphatic heterocycles. The maximum absolute atomic E-state index is 8.78. The smallest absolute Gasteiger partial charge is 0.100 e. The topological polar surface area (TPSA) is 39.1 Å². The molecule has 0 amide bonds. The number of nitriles is 1. The van der Waals surface area contributed by atoms with Crippen molar-refractivity contribution in [3.63, 3.8) is 0 Å². The minimum atomic E-state index is 0.632. The van der Waals surface area contributed by atoms with Gasteiger partial charge in [0, 0.05) is 28.9 Å². The zero-order chi connectivity index (χ0) is 13.0. The molecule has 0 atom stereocenters. The van der Waals surface area contributed by atoms with E-state index in [1.54, 1.807) is 11.3 Å². The molecule has 0 spiro atoms. The van der Waals surface area contributed by atoms with Gasteiger partial charge in [0.2, 0.25) is 0 Å². The first-order valence-corrected chi connectivity index (χ1v) is 7.52. The molecule has 1 aliphatic rings. The van der Waals surface area contributed by atoms with Crippen LogP contribution in [0.25, 0.3) is 0 Å². The zero-order valence-electron chi connectivity index (χ0n) is 11.1. The van der Waals surface area contributed by atoms with E-state index in [4.69, 9.17) is 5.26 Å². The summed E-state index contributed by atoms with van der Waals surface area (Å²) in [6.07, 6.45) is 2.46. The molecule has 4 heteroatoms. The van der Waals surface area contributed by atoms with Crippen molar-refractivity contribution in [1.82, 2.24) is 10.2 Å². The van der Waals surface area contributed by atoms with Gasteiger partial charge in [0.15, 0.2) is 0 Å². The van der Waals surface area contributed by atoms with E-state index in [0.717, 1.165) is 12.1 Å². The van der Waals surface area contributed by atoms with Gasteiger partial charge in [0.25, 0.3) is 0 Å². The van der Waals surface area contributed by atoms with Crippen LogP contribution in [0.2, 0.25) is 0 Å². The lowest BCUT2D eigenvalue weighted by molar-refractivity contribution is 0.161. The van der Waals surface area contributed by atoms with Gasteiger partial charge in [-0.25, -0.2) is 0 Å². The minimum absolute atomic E-state index is 0.632. The van der Waals surface area contributed by atoms with Gasteiger partial charge in [-0.15, -0.1) is 11.3 Å². The van der Waals surface area contributed by atoms with Gasteiger partial charge in [-0.2, -0.15) is 5.26 Å². The van der Waals surface area contributed by atoms with Crippen LogP contribution in [0, 0.1) is 11.3 Å². The Morgan fingerprint density at radius 2 is 2.22 bits per heavy atom. The molecule has 3 nitrogen and oxygen atoms in total. The average Bonchev–Trinajstić information content (AvgIpc) is 2.85. The first kappa shape index (κ1) is 13.5. The molecule has 2 heterocycles. The summed E-state index contributed by atoms with van der Waals surface area (Å²) in [6, 6.07) is 5.47. The van der Waals surface area contributed by atoms with Crippen molar-refractivity contribution in [3.8, 4) is 6.07 Å². The van der Waals surface area contributed by atoms with Gasteiger partial charge < -0.3 is 10.2 Å². The summed E-state index contributed by atoms with van der Waals surface area (Å²) in [7, 11) is 0. The number of nitrogens with one attached hydrogen (secondary N) is 1. The van der Waals surface area contributed by atoms with Crippen LogP contribution in [-0.4, -0.2) is 30.1 Å². The molecule has 1 fully saturated rings. The summed E-state index contributed by atoms with van der Waals surface area (Å²) in [6.45, 7) is 7.83. The molecule has 18 heavy (non-hydrogen) atoms. The van der Waals surface area contributed by atoms with Crippen molar-refractivity contribution in [3.05, 3.63) is 21.9 Å². The second-order valence-corrected chi connectivity index (χ2v) is 6.19. The zero-order valence-corrected chi connectivity index (χ0v) is 12.0. The molecule has 1 aromatic rings. The fraction of sp³-hybridized carbons (Fsp3) is 0.643. The number of likely N-dealkylation sites (tertiary alicyclic amines) is 1. The Balaban J connectivity index is 1.74. The van der Waals surface area contributed by atoms with E-state index in [9.17, 15) is 0 Å². The fourth-order valence-electron chi connectivity index (χ4n) is 2.40. The van der Waals surface area contributed by atoms with Crippen LogP contribution in [0.4, 0.5) is 0 Å². The number of rotatable bonds is 4. The Hall–Kier alpha value is -0.890. The van der Waals surface area contributed by atoms with Gasteiger partial charge in [-0.3, -0.25) is 0 Å². The third-order valence-corrected chi connectivity index (χ3v) is 4.54. The van der Waals surface area contributed by atoms with E-state index in [1.165, 1.54) is 30.8 Å². The molecular formula is C14H21N3S. The standard InChI is InChI=1S/C14H21N3S/c1-11(2)17-5-3-13(4-6-17)16-9-14-7-12(8-15)10-18-14/h7,10-11,13,16H,3-6,9H2,1-2H3. The summed E-state index contributed by atoms with van der Waals surface area (Å²) in [4.78, 5) is 3.80. The third kappa shape index (κ3) is 3.55. The summed E-state index contributed by atoms with van der Waals surface area (Å²) in [5, 5.41) is 14.3. The van der Waals surface area contributed by atoms with E-state index in [-0.39, 0.29) is 0 Å². The van der Waals surface area contributed by atoms with E-state index >= 15 is 0 Å². The fourth-order valence-corrected chi connectivity index (χ4v) is 3.16. The SMILES string of the molecule is CC(C)N1CCC(NCc2cc(C#N)cs2)CC1. The highest BCUT2D eigenvalue weighted by Crippen LogP contribution is 2.16. The Morgan fingerprint density at radius 1 is 1.50 bits per heavy atom. The molecule has 0 saturated carbocycles. The highest BCUT2D eigenvalue weighted by molar-refractivity contribution is 7.10. The molecule has 2 rings (SSSR count). The number of nitrogens with zero attached hydrogens (tertiary/aromatic N) is 2. The highest BCUT2D eigenvalue weighted by atomic mass is 32.1. The maximum atomic E-state index is 8.78. The van der Waals surface area contributed by atoms with Crippen molar-refractivity contribution in [2.24, 2.45) is 0 Å². The highest BCUT2D eigenvalue weighted by Gasteiger charge is 2.20. The van der Waals surface area contributed by atoms with E-state index in [1.807, 2.05) is 11.4 Å². The van der Waals surface area contributed by atoms with Crippen molar-refractivity contribution in [1.29, 1.82) is 5.26 Å². The molecule has 0 bridgehead atoms. The van der Waals surface area contributed by atoms with Crippen LogP contribution in [0.15, 0.2) is 11.4 Å². The molecule has 98 valence electrons. The Kier molecular flexibility index (Phi) is 4.76. The number of thiophene rings is 1. The van der Waals surface area contributed by atoms with Gasteiger partial charge in [0.1, 0.15) is 6.07 Å². The number of piperidine rings is 1. The normalized spacial score (nSPS) is 18.1. The third-order valence-electron chi connectivity index (χ3n) is 3.61. The largest absolute Gasteiger partial charge is 0.309 e. The van der Waals surface area contributed by atoms with Crippen molar-refractivity contribution in [2.75, 3.05) is 13.1 Å². The number of hydrogen-bond donors (Lipinski definition) is 1. The lowest BCUT2D eigenvalue weighted by Crippen LogP contribution is -2.44. The van der Waals surface area contributed by atoms with Crippen molar-refractivity contribution < 1.29 is 0 Å². The Bertz CT molecular complexity index is 411. The van der Waals surface area contributed by atoms with Crippen molar-refractivity contribution >= 4 is 11.3 Å². The molecule has 0 aromatic carbocycles.